The van der Waals surface area contributed by atoms with Gasteiger partial charge in [0.25, 0.3) is 0 Å². The fraction of sp³-hybridized carbons (Fsp3) is 0.667. The van der Waals surface area contributed by atoms with E-state index in [0.717, 1.165) is 12.8 Å². The minimum atomic E-state index is -1.02. The number of carboxylic acids is 1. The zero-order valence-corrected chi connectivity index (χ0v) is 10.2. The molecule has 1 heterocycles. The van der Waals surface area contributed by atoms with Gasteiger partial charge in [-0.1, -0.05) is 6.08 Å². The first kappa shape index (κ1) is 12.9. The molecule has 1 aliphatic heterocycles. The first-order valence-corrected chi connectivity index (χ1v) is 6.14. The van der Waals surface area contributed by atoms with Crippen LogP contribution in [0.2, 0.25) is 0 Å². The molecule has 1 atom stereocenters. The lowest BCUT2D eigenvalue weighted by molar-refractivity contribution is -0.154. The lowest BCUT2D eigenvalue weighted by Crippen LogP contribution is -2.53. The molecular formula is C12H18N2O4. The largest absolute Gasteiger partial charge is 0.479 e. The van der Waals surface area contributed by atoms with Gasteiger partial charge in [0, 0.05) is 19.1 Å². The van der Waals surface area contributed by atoms with Crippen LogP contribution in [0, 0.1) is 0 Å². The second-order valence-corrected chi connectivity index (χ2v) is 4.60. The van der Waals surface area contributed by atoms with Crippen molar-refractivity contribution >= 4 is 12.0 Å². The lowest BCUT2D eigenvalue weighted by Gasteiger charge is -2.35. The molecule has 100 valence electrons. The van der Waals surface area contributed by atoms with E-state index in [0.29, 0.717) is 19.1 Å². The van der Waals surface area contributed by atoms with E-state index in [2.05, 4.69) is 6.58 Å². The number of ether oxygens (including phenoxy) is 1. The van der Waals surface area contributed by atoms with Gasteiger partial charge in [0.2, 0.25) is 0 Å². The Morgan fingerprint density at radius 2 is 2.22 bits per heavy atom. The molecular weight excluding hydrogens is 236 g/mol. The molecule has 6 heteroatoms. The van der Waals surface area contributed by atoms with Crippen molar-refractivity contribution in [2.24, 2.45) is 0 Å². The summed E-state index contributed by atoms with van der Waals surface area (Å²) in [7, 11) is 0. The summed E-state index contributed by atoms with van der Waals surface area (Å²) in [5.74, 6) is -1.02. The number of carboxylic acid groups (broad SMARTS) is 1. The minimum absolute atomic E-state index is 0.105. The van der Waals surface area contributed by atoms with Gasteiger partial charge in [-0.2, -0.15) is 0 Å². The van der Waals surface area contributed by atoms with E-state index in [9.17, 15) is 9.59 Å². The average Bonchev–Trinajstić information content (AvgIpc) is 3.19. The number of aliphatic carboxylic acids is 1. The number of urea groups is 1. The molecule has 0 bridgehead atoms. The number of morpholine rings is 1. The van der Waals surface area contributed by atoms with Crippen molar-refractivity contribution in [2.45, 2.75) is 25.0 Å². The van der Waals surface area contributed by atoms with Crippen LogP contribution in [0.3, 0.4) is 0 Å². The Labute approximate surface area is 106 Å². The van der Waals surface area contributed by atoms with E-state index in [-0.39, 0.29) is 19.2 Å². The van der Waals surface area contributed by atoms with Crippen LogP contribution in [0.1, 0.15) is 12.8 Å². The molecule has 2 aliphatic rings. The second-order valence-electron chi connectivity index (χ2n) is 4.60. The fourth-order valence-corrected chi connectivity index (χ4v) is 2.06. The fourth-order valence-electron chi connectivity index (χ4n) is 2.06. The summed E-state index contributed by atoms with van der Waals surface area (Å²) >= 11 is 0. The van der Waals surface area contributed by atoms with Gasteiger partial charge in [-0.3, -0.25) is 0 Å². The third-order valence-corrected chi connectivity index (χ3v) is 3.17. The van der Waals surface area contributed by atoms with Crippen LogP contribution in [0.5, 0.6) is 0 Å². The summed E-state index contributed by atoms with van der Waals surface area (Å²) in [6.07, 6.45) is 2.83. The predicted octanol–water partition coefficient (Wildman–Crippen LogP) is 0.542. The normalized spacial score (nSPS) is 23.6. The number of hydrogen-bond donors (Lipinski definition) is 1. The van der Waals surface area contributed by atoms with Crippen LogP contribution in [-0.4, -0.2) is 65.3 Å². The molecule has 2 amide bonds. The minimum Gasteiger partial charge on any atom is -0.479 e. The summed E-state index contributed by atoms with van der Waals surface area (Å²) in [5, 5.41) is 8.91. The summed E-state index contributed by atoms with van der Waals surface area (Å²) in [6.45, 7) is 5.00. The van der Waals surface area contributed by atoms with Crippen molar-refractivity contribution in [2.75, 3.05) is 26.2 Å². The molecule has 1 aliphatic carbocycles. The predicted molar refractivity (Wildman–Crippen MR) is 64.3 cm³/mol. The first-order chi connectivity index (χ1) is 8.63. The topological polar surface area (TPSA) is 70.1 Å². The van der Waals surface area contributed by atoms with Crippen LogP contribution in [0.4, 0.5) is 4.79 Å². The molecule has 2 fully saturated rings. The summed E-state index contributed by atoms with van der Waals surface area (Å²) in [4.78, 5) is 26.5. The van der Waals surface area contributed by atoms with Crippen molar-refractivity contribution in [3.8, 4) is 0 Å². The van der Waals surface area contributed by atoms with E-state index >= 15 is 0 Å². The van der Waals surface area contributed by atoms with Gasteiger partial charge in [-0.25, -0.2) is 9.59 Å². The maximum Gasteiger partial charge on any atom is 0.334 e. The zero-order chi connectivity index (χ0) is 13.1. The molecule has 0 aromatic heterocycles. The van der Waals surface area contributed by atoms with Crippen molar-refractivity contribution < 1.29 is 19.4 Å². The lowest BCUT2D eigenvalue weighted by atomic mass is 10.3. The number of rotatable bonds is 4. The quantitative estimate of drug-likeness (QED) is 0.743. The average molecular weight is 254 g/mol. The summed E-state index contributed by atoms with van der Waals surface area (Å²) in [5.41, 5.74) is 0. The highest BCUT2D eigenvalue weighted by Crippen LogP contribution is 2.28. The first-order valence-electron chi connectivity index (χ1n) is 6.14. The highest BCUT2D eigenvalue weighted by atomic mass is 16.5. The summed E-state index contributed by atoms with van der Waals surface area (Å²) in [6, 6.07) is 0.188. The Kier molecular flexibility index (Phi) is 3.86. The standard InChI is InChI=1S/C12H18N2O4/c1-2-5-14(9-3-4-9)12(17)13-6-7-18-10(8-13)11(15)16/h2,9-10H,1,3-8H2,(H,15,16). The Balaban J connectivity index is 1.98. The number of carbonyl (C=O) groups excluding carboxylic acids is 1. The van der Waals surface area contributed by atoms with Gasteiger partial charge in [0.15, 0.2) is 6.10 Å². The van der Waals surface area contributed by atoms with E-state index in [1.165, 1.54) is 0 Å². The van der Waals surface area contributed by atoms with E-state index in [1.54, 1.807) is 15.9 Å². The number of nitrogens with zero attached hydrogens (tertiary/aromatic N) is 2. The van der Waals surface area contributed by atoms with Crippen LogP contribution in [0.15, 0.2) is 12.7 Å². The molecule has 0 radical (unpaired) electrons. The van der Waals surface area contributed by atoms with Crippen molar-refractivity contribution in [3.63, 3.8) is 0 Å². The molecule has 0 aromatic carbocycles. The van der Waals surface area contributed by atoms with Crippen molar-refractivity contribution in [1.29, 1.82) is 0 Å². The molecule has 1 N–H and O–H groups in total. The highest BCUT2D eigenvalue weighted by molar-refractivity contribution is 5.78. The van der Waals surface area contributed by atoms with Crippen molar-refractivity contribution in [3.05, 3.63) is 12.7 Å². The van der Waals surface area contributed by atoms with E-state index < -0.39 is 12.1 Å². The Morgan fingerprint density at radius 3 is 2.78 bits per heavy atom. The molecule has 2 rings (SSSR count). The SMILES string of the molecule is C=CCN(C(=O)N1CCOC(C(=O)O)C1)C1CC1. The third-order valence-electron chi connectivity index (χ3n) is 3.17. The van der Waals surface area contributed by atoms with Crippen LogP contribution in [-0.2, 0) is 9.53 Å². The Bertz CT molecular complexity index is 354. The molecule has 6 nitrogen and oxygen atoms in total. The second kappa shape index (κ2) is 5.39. The molecule has 0 aromatic rings. The van der Waals surface area contributed by atoms with Crippen molar-refractivity contribution in [1.82, 2.24) is 9.80 Å². The third kappa shape index (κ3) is 2.81. The maximum atomic E-state index is 12.3. The van der Waals surface area contributed by atoms with Gasteiger partial charge in [0.05, 0.1) is 13.2 Å². The van der Waals surface area contributed by atoms with E-state index in [4.69, 9.17) is 9.84 Å². The zero-order valence-electron chi connectivity index (χ0n) is 10.2. The van der Waals surface area contributed by atoms with Gasteiger partial charge < -0.3 is 19.6 Å². The Morgan fingerprint density at radius 1 is 1.50 bits per heavy atom. The number of amides is 2. The van der Waals surface area contributed by atoms with Crippen LogP contribution >= 0.6 is 0 Å². The summed E-state index contributed by atoms with van der Waals surface area (Å²) < 4.78 is 5.10. The number of hydrogen-bond acceptors (Lipinski definition) is 3. The van der Waals surface area contributed by atoms with Gasteiger partial charge in [0.1, 0.15) is 0 Å². The molecule has 0 spiro atoms. The van der Waals surface area contributed by atoms with Crippen LogP contribution in [0.25, 0.3) is 0 Å². The van der Waals surface area contributed by atoms with Gasteiger partial charge >= 0.3 is 12.0 Å². The molecule has 1 saturated carbocycles. The molecule has 1 saturated heterocycles. The highest BCUT2D eigenvalue weighted by Gasteiger charge is 2.36. The molecule has 1 unspecified atom stereocenters. The van der Waals surface area contributed by atoms with Crippen LogP contribution < -0.4 is 0 Å². The van der Waals surface area contributed by atoms with Gasteiger partial charge in [-0.05, 0) is 12.8 Å². The molecule has 18 heavy (non-hydrogen) atoms. The monoisotopic (exact) mass is 254 g/mol. The Hall–Kier alpha value is -1.56. The van der Waals surface area contributed by atoms with Gasteiger partial charge in [-0.15, -0.1) is 6.58 Å². The number of carbonyl (C=O) groups is 2. The van der Waals surface area contributed by atoms with E-state index in [1.807, 2.05) is 0 Å². The smallest absolute Gasteiger partial charge is 0.334 e. The maximum absolute atomic E-state index is 12.3.